The molecule has 0 aromatic heterocycles. The number of hydrogen-bond donors (Lipinski definition) is 2. The average molecular weight is 317 g/mol. The van der Waals surface area contributed by atoms with E-state index in [1.54, 1.807) is 0 Å². The van der Waals surface area contributed by atoms with Gasteiger partial charge in [-0.05, 0) is 43.9 Å². The first kappa shape index (κ1) is 17.5. The number of primary amides is 1. The van der Waals surface area contributed by atoms with E-state index >= 15 is 0 Å². The largest absolute Gasteiger partial charge is 0.368 e. The Kier molecular flexibility index (Phi) is 6.16. The summed E-state index contributed by atoms with van der Waals surface area (Å²) in [6, 6.07) is 7.92. The molecule has 3 N–H and O–H groups in total. The van der Waals surface area contributed by atoms with E-state index in [0.29, 0.717) is 0 Å². The summed E-state index contributed by atoms with van der Waals surface area (Å²) in [5.74, 6) is -0.397. The molecule has 2 rings (SSSR count). The second kappa shape index (κ2) is 8.11. The number of likely N-dealkylation sites (tertiary alicyclic amines) is 1. The van der Waals surface area contributed by atoms with Gasteiger partial charge < -0.3 is 11.1 Å². The van der Waals surface area contributed by atoms with Gasteiger partial charge in [0.1, 0.15) is 0 Å². The molecule has 0 spiro atoms. The highest BCUT2D eigenvalue weighted by atomic mass is 16.2. The molecule has 1 saturated heterocycles. The van der Waals surface area contributed by atoms with Crippen molar-refractivity contribution in [2.24, 2.45) is 5.73 Å². The van der Waals surface area contributed by atoms with Gasteiger partial charge in [0.05, 0.1) is 18.6 Å². The quantitative estimate of drug-likeness (QED) is 0.839. The van der Waals surface area contributed by atoms with Crippen LogP contribution in [0.15, 0.2) is 24.3 Å². The molecular formula is C18H27N3O2. The van der Waals surface area contributed by atoms with E-state index < -0.39 is 0 Å². The van der Waals surface area contributed by atoms with Crippen molar-refractivity contribution in [3.63, 3.8) is 0 Å². The van der Waals surface area contributed by atoms with Crippen molar-refractivity contribution in [3.8, 4) is 0 Å². The van der Waals surface area contributed by atoms with Crippen LogP contribution in [0.1, 0.15) is 50.3 Å². The van der Waals surface area contributed by atoms with Crippen molar-refractivity contribution >= 4 is 11.8 Å². The first-order valence-electron chi connectivity index (χ1n) is 8.42. The van der Waals surface area contributed by atoms with E-state index in [9.17, 15) is 9.59 Å². The van der Waals surface area contributed by atoms with Gasteiger partial charge in [-0.1, -0.05) is 37.6 Å². The fourth-order valence-corrected chi connectivity index (χ4v) is 3.10. The summed E-state index contributed by atoms with van der Waals surface area (Å²) in [4.78, 5) is 25.7. The topological polar surface area (TPSA) is 75.4 Å². The average Bonchev–Trinajstić information content (AvgIpc) is 2.55. The molecule has 1 heterocycles. The van der Waals surface area contributed by atoms with Crippen molar-refractivity contribution in [3.05, 3.63) is 35.4 Å². The maximum Gasteiger partial charge on any atom is 0.234 e. The van der Waals surface area contributed by atoms with Gasteiger partial charge in [-0.2, -0.15) is 0 Å². The highest BCUT2D eigenvalue weighted by Crippen LogP contribution is 2.17. The van der Waals surface area contributed by atoms with Gasteiger partial charge in [0, 0.05) is 0 Å². The Morgan fingerprint density at radius 2 is 2.00 bits per heavy atom. The SMILES string of the molecule is CCc1ccc([C@H](C)NC(=O)CN2CCCC[C@H]2C(N)=O)cc1. The molecule has 5 nitrogen and oxygen atoms in total. The van der Waals surface area contributed by atoms with Crippen molar-refractivity contribution < 1.29 is 9.59 Å². The molecule has 2 amide bonds. The zero-order valence-corrected chi connectivity index (χ0v) is 14.0. The number of nitrogens with zero attached hydrogens (tertiary/aromatic N) is 1. The van der Waals surface area contributed by atoms with Crippen molar-refractivity contribution in [1.82, 2.24) is 10.2 Å². The maximum atomic E-state index is 12.3. The van der Waals surface area contributed by atoms with E-state index in [0.717, 1.165) is 37.8 Å². The van der Waals surface area contributed by atoms with Crippen molar-refractivity contribution in [2.45, 2.75) is 51.6 Å². The van der Waals surface area contributed by atoms with E-state index in [1.165, 1.54) is 5.56 Å². The van der Waals surface area contributed by atoms with Crippen LogP contribution in [0.3, 0.4) is 0 Å². The fraction of sp³-hybridized carbons (Fsp3) is 0.556. The number of rotatable bonds is 6. The predicted octanol–water partition coefficient (Wildman–Crippen LogP) is 1.77. The Balaban J connectivity index is 1.91. The summed E-state index contributed by atoms with van der Waals surface area (Å²) in [5.41, 5.74) is 7.81. The van der Waals surface area contributed by atoms with Gasteiger partial charge in [0.25, 0.3) is 0 Å². The van der Waals surface area contributed by atoms with Crippen LogP contribution < -0.4 is 11.1 Å². The minimum atomic E-state index is -0.333. The molecule has 5 heteroatoms. The molecule has 0 saturated carbocycles. The van der Waals surface area contributed by atoms with Gasteiger partial charge in [-0.25, -0.2) is 0 Å². The minimum absolute atomic E-state index is 0.0507. The van der Waals surface area contributed by atoms with Crippen molar-refractivity contribution in [2.75, 3.05) is 13.1 Å². The van der Waals surface area contributed by atoms with Gasteiger partial charge >= 0.3 is 0 Å². The van der Waals surface area contributed by atoms with Gasteiger partial charge in [-0.3, -0.25) is 14.5 Å². The lowest BCUT2D eigenvalue weighted by Gasteiger charge is -2.33. The smallest absolute Gasteiger partial charge is 0.234 e. The number of amides is 2. The molecule has 126 valence electrons. The minimum Gasteiger partial charge on any atom is -0.368 e. The Hall–Kier alpha value is -1.88. The second-order valence-corrected chi connectivity index (χ2v) is 6.27. The van der Waals surface area contributed by atoms with E-state index in [-0.39, 0.29) is 30.4 Å². The lowest BCUT2D eigenvalue weighted by molar-refractivity contribution is -0.128. The highest BCUT2D eigenvalue weighted by Gasteiger charge is 2.28. The first-order valence-corrected chi connectivity index (χ1v) is 8.42. The monoisotopic (exact) mass is 317 g/mol. The normalized spacial score (nSPS) is 20.0. The summed E-state index contributed by atoms with van der Waals surface area (Å²) in [7, 11) is 0. The number of carbonyl (C=O) groups excluding carboxylic acids is 2. The van der Waals surface area contributed by atoms with Crippen LogP contribution in [0.2, 0.25) is 0 Å². The summed E-state index contributed by atoms with van der Waals surface area (Å²) in [6.45, 7) is 5.07. The van der Waals surface area contributed by atoms with E-state index in [1.807, 2.05) is 11.8 Å². The van der Waals surface area contributed by atoms with Crippen LogP contribution in [0, 0.1) is 0 Å². The number of benzene rings is 1. The Labute approximate surface area is 138 Å². The molecule has 0 unspecified atom stereocenters. The zero-order chi connectivity index (χ0) is 16.8. The molecule has 0 radical (unpaired) electrons. The third kappa shape index (κ3) is 4.79. The van der Waals surface area contributed by atoms with Crippen LogP contribution in [-0.4, -0.2) is 35.8 Å². The molecule has 2 atom stereocenters. The molecule has 1 aliphatic rings. The molecular weight excluding hydrogens is 290 g/mol. The molecule has 23 heavy (non-hydrogen) atoms. The molecule has 1 aliphatic heterocycles. The Bertz CT molecular complexity index is 542. The molecule has 1 aromatic rings. The number of aryl methyl sites for hydroxylation is 1. The third-order valence-corrected chi connectivity index (χ3v) is 4.55. The summed E-state index contributed by atoms with van der Waals surface area (Å²) in [6.07, 6.45) is 3.75. The Morgan fingerprint density at radius 3 is 2.61 bits per heavy atom. The standard InChI is InChI=1S/C18H27N3O2/c1-3-14-7-9-15(10-8-14)13(2)20-17(22)12-21-11-5-4-6-16(21)18(19)23/h7-10,13,16H,3-6,11-12H2,1-2H3,(H2,19,23)(H,20,22)/t13-,16-/m0/s1. The van der Waals surface area contributed by atoms with Crippen LogP contribution >= 0.6 is 0 Å². The van der Waals surface area contributed by atoms with Crippen molar-refractivity contribution in [1.29, 1.82) is 0 Å². The summed E-state index contributed by atoms with van der Waals surface area (Å²) >= 11 is 0. The molecule has 0 aliphatic carbocycles. The maximum absolute atomic E-state index is 12.3. The Morgan fingerprint density at radius 1 is 1.30 bits per heavy atom. The number of carbonyl (C=O) groups is 2. The van der Waals surface area contributed by atoms with E-state index in [4.69, 9.17) is 5.73 Å². The second-order valence-electron chi connectivity index (χ2n) is 6.27. The lowest BCUT2D eigenvalue weighted by Crippen LogP contribution is -2.51. The van der Waals surface area contributed by atoms with Gasteiger partial charge in [0.2, 0.25) is 11.8 Å². The van der Waals surface area contributed by atoms with Crippen LogP contribution in [0.25, 0.3) is 0 Å². The van der Waals surface area contributed by atoms with Crippen LogP contribution in [0.5, 0.6) is 0 Å². The molecule has 1 fully saturated rings. The molecule has 1 aromatic carbocycles. The lowest BCUT2D eigenvalue weighted by atomic mass is 10.0. The van der Waals surface area contributed by atoms with E-state index in [2.05, 4.69) is 36.5 Å². The number of hydrogen-bond acceptors (Lipinski definition) is 3. The number of piperidine rings is 1. The summed E-state index contributed by atoms with van der Waals surface area (Å²) in [5, 5.41) is 3.01. The predicted molar refractivity (Wildman–Crippen MR) is 90.8 cm³/mol. The number of nitrogens with two attached hydrogens (primary N) is 1. The third-order valence-electron chi connectivity index (χ3n) is 4.55. The summed E-state index contributed by atoms with van der Waals surface area (Å²) < 4.78 is 0. The van der Waals surface area contributed by atoms with Gasteiger partial charge in [-0.15, -0.1) is 0 Å². The van der Waals surface area contributed by atoms with Gasteiger partial charge in [0.15, 0.2) is 0 Å². The highest BCUT2D eigenvalue weighted by molar-refractivity contribution is 5.82. The zero-order valence-electron chi connectivity index (χ0n) is 14.0. The van der Waals surface area contributed by atoms with Crippen LogP contribution in [0.4, 0.5) is 0 Å². The van der Waals surface area contributed by atoms with Crippen LogP contribution in [-0.2, 0) is 16.0 Å². The fourth-order valence-electron chi connectivity index (χ4n) is 3.10. The molecule has 0 bridgehead atoms. The first-order chi connectivity index (χ1) is 11.0. The number of nitrogens with one attached hydrogen (secondary N) is 1.